The number of hydrogen-bond acceptors (Lipinski definition) is 4. The second-order valence-corrected chi connectivity index (χ2v) is 5.41. The fourth-order valence-corrected chi connectivity index (χ4v) is 1.71. The van der Waals surface area contributed by atoms with Gasteiger partial charge in [0.05, 0.1) is 18.3 Å². The maximum atomic E-state index is 9.35. The highest BCUT2D eigenvalue weighted by atomic mass is 16.5. The first-order chi connectivity index (χ1) is 9.33. The van der Waals surface area contributed by atoms with Crippen LogP contribution in [0.15, 0.2) is 12.1 Å². The Kier molecular flexibility index (Phi) is 5.69. The van der Waals surface area contributed by atoms with Crippen LogP contribution in [0.1, 0.15) is 47.1 Å². The average molecular weight is 277 g/mol. The van der Waals surface area contributed by atoms with E-state index in [1.807, 2.05) is 41.5 Å². The van der Waals surface area contributed by atoms with Crippen LogP contribution in [0.5, 0.6) is 17.2 Å². The average Bonchev–Trinajstić information content (AvgIpc) is 2.26. The Hall–Kier alpha value is -1.89. The Bertz CT molecular complexity index is 456. The molecule has 0 N–H and O–H groups in total. The van der Waals surface area contributed by atoms with E-state index in [9.17, 15) is 5.26 Å². The molecule has 0 radical (unpaired) electrons. The predicted molar refractivity (Wildman–Crippen MR) is 78.4 cm³/mol. The number of benzene rings is 1. The molecule has 0 fully saturated rings. The smallest absolute Gasteiger partial charge is 0.144 e. The van der Waals surface area contributed by atoms with Gasteiger partial charge in [0.1, 0.15) is 28.9 Å². The Balaban J connectivity index is 3.27. The Morgan fingerprint density at radius 1 is 0.800 bits per heavy atom. The van der Waals surface area contributed by atoms with Crippen LogP contribution in [0.2, 0.25) is 0 Å². The molecule has 4 nitrogen and oxygen atoms in total. The first-order valence-corrected chi connectivity index (χ1v) is 6.91. The van der Waals surface area contributed by atoms with Crippen LogP contribution >= 0.6 is 0 Å². The normalized spacial score (nSPS) is 10.8. The molecule has 0 amide bonds. The molecule has 0 aliphatic rings. The summed E-state index contributed by atoms with van der Waals surface area (Å²) in [6.07, 6.45) is -0.00617. The van der Waals surface area contributed by atoms with Gasteiger partial charge in [-0.2, -0.15) is 5.26 Å². The lowest BCUT2D eigenvalue weighted by molar-refractivity contribution is 0.215. The first-order valence-electron chi connectivity index (χ1n) is 6.91. The number of ether oxygens (including phenoxy) is 3. The summed E-state index contributed by atoms with van der Waals surface area (Å²) in [6, 6.07) is 5.63. The molecule has 0 spiro atoms. The van der Waals surface area contributed by atoms with Gasteiger partial charge in [-0.05, 0) is 41.5 Å². The zero-order valence-corrected chi connectivity index (χ0v) is 13.1. The van der Waals surface area contributed by atoms with Gasteiger partial charge in [0.2, 0.25) is 0 Å². The van der Waals surface area contributed by atoms with Gasteiger partial charge in [0, 0.05) is 12.1 Å². The molecule has 1 aromatic rings. The van der Waals surface area contributed by atoms with Crippen molar-refractivity contribution < 1.29 is 14.2 Å². The zero-order valence-electron chi connectivity index (χ0n) is 13.1. The van der Waals surface area contributed by atoms with Gasteiger partial charge in [-0.1, -0.05) is 0 Å². The fraction of sp³-hybridized carbons (Fsp3) is 0.562. The van der Waals surface area contributed by atoms with Crippen molar-refractivity contribution in [3.63, 3.8) is 0 Å². The summed E-state index contributed by atoms with van der Waals surface area (Å²) in [4.78, 5) is 0. The fourth-order valence-electron chi connectivity index (χ4n) is 1.71. The third-order valence-corrected chi connectivity index (χ3v) is 2.25. The maximum absolute atomic E-state index is 9.35. The molecule has 0 aromatic heterocycles. The van der Waals surface area contributed by atoms with Crippen LogP contribution in [0.3, 0.4) is 0 Å². The number of hydrogen-bond donors (Lipinski definition) is 0. The third-order valence-electron chi connectivity index (χ3n) is 2.25. The molecule has 110 valence electrons. The molecule has 0 saturated carbocycles. The van der Waals surface area contributed by atoms with Crippen molar-refractivity contribution in [3.8, 4) is 23.3 Å². The van der Waals surface area contributed by atoms with Gasteiger partial charge in [-0.15, -0.1) is 0 Å². The van der Waals surface area contributed by atoms with E-state index in [4.69, 9.17) is 14.2 Å². The van der Waals surface area contributed by atoms with E-state index in [2.05, 4.69) is 6.07 Å². The maximum Gasteiger partial charge on any atom is 0.144 e. The lowest BCUT2D eigenvalue weighted by atomic mass is 10.1. The summed E-state index contributed by atoms with van der Waals surface area (Å²) >= 11 is 0. The van der Waals surface area contributed by atoms with Gasteiger partial charge < -0.3 is 14.2 Å². The van der Waals surface area contributed by atoms with Gasteiger partial charge in [-0.3, -0.25) is 0 Å². The van der Waals surface area contributed by atoms with E-state index >= 15 is 0 Å². The molecule has 0 heterocycles. The quantitative estimate of drug-likeness (QED) is 0.790. The van der Waals surface area contributed by atoms with Crippen LogP contribution in [-0.2, 0) is 0 Å². The summed E-state index contributed by atoms with van der Waals surface area (Å²) in [6.45, 7) is 11.6. The summed E-state index contributed by atoms with van der Waals surface area (Å²) in [5.74, 6) is 1.64. The van der Waals surface area contributed by atoms with Crippen LogP contribution in [-0.4, -0.2) is 18.3 Å². The van der Waals surface area contributed by atoms with Crippen molar-refractivity contribution in [1.29, 1.82) is 5.26 Å². The molecule has 0 atom stereocenters. The number of nitrogens with zero attached hydrogens (tertiary/aromatic N) is 1. The molecular formula is C16H23NO3. The van der Waals surface area contributed by atoms with Crippen LogP contribution in [0.4, 0.5) is 0 Å². The molecule has 1 aromatic carbocycles. The number of nitriles is 1. The number of rotatable bonds is 6. The predicted octanol–water partition coefficient (Wildman–Crippen LogP) is 3.92. The molecule has 4 heteroatoms. The van der Waals surface area contributed by atoms with Gasteiger partial charge in [0.15, 0.2) is 0 Å². The summed E-state index contributed by atoms with van der Waals surface area (Å²) in [5, 5.41) is 9.35. The van der Waals surface area contributed by atoms with E-state index < -0.39 is 0 Å². The van der Waals surface area contributed by atoms with E-state index in [1.54, 1.807) is 12.1 Å². The second-order valence-electron chi connectivity index (χ2n) is 5.41. The lowest BCUT2D eigenvalue weighted by Gasteiger charge is -2.19. The van der Waals surface area contributed by atoms with E-state index in [0.717, 1.165) is 0 Å². The molecule has 20 heavy (non-hydrogen) atoms. The third kappa shape index (κ3) is 4.65. The Morgan fingerprint density at radius 3 is 1.50 bits per heavy atom. The molecule has 0 bridgehead atoms. The SMILES string of the molecule is CC(C)Oc1cc(OC(C)C)c(C#N)c(OC(C)C)c1. The molecule has 0 aliphatic carbocycles. The van der Waals surface area contributed by atoms with Crippen molar-refractivity contribution in [2.75, 3.05) is 0 Å². The van der Waals surface area contributed by atoms with Gasteiger partial charge >= 0.3 is 0 Å². The topological polar surface area (TPSA) is 51.5 Å². The summed E-state index contributed by atoms with van der Waals surface area (Å²) < 4.78 is 17.1. The highest BCUT2D eigenvalue weighted by Crippen LogP contribution is 2.35. The van der Waals surface area contributed by atoms with Crippen LogP contribution in [0, 0.1) is 11.3 Å². The Morgan fingerprint density at radius 2 is 1.20 bits per heavy atom. The molecule has 1 rings (SSSR count). The zero-order chi connectivity index (χ0) is 15.3. The standard InChI is InChI=1S/C16H23NO3/c1-10(2)18-13-7-15(19-11(3)4)14(9-17)16(8-13)20-12(5)6/h7-8,10-12H,1-6H3. The monoisotopic (exact) mass is 277 g/mol. The highest BCUT2D eigenvalue weighted by molar-refractivity contribution is 5.57. The van der Waals surface area contributed by atoms with E-state index in [0.29, 0.717) is 22.8 Å². The molecule has 0 saturated heterocycles. The summed E-state index contributed by atoms with van der Waals surface area (Å²) in [5.41, 5.74) is 0.406. The molecular weight excluding hydrogens is 254 g/mol. The minimum Gasteiger partial charge on any atom is -0.491 e. The largest absolute Gasteiger partial charge is 0.491 e. The minimum absolute atomic E-state index is 0.0247. The van der Waals surface area contributed by atoms with Crippen molar-refractivity contribution in [2.45, 2.75) is 59.9 Å². The molecule has 0 aliphatic heterocycles. The van der Waals surface area contributed by atoms with E-state index in [1.165, 1.54) is 0 Å². The van der Waals surface area contributed by atoms with Crippen LogP contribution < -0.4 is 14.2 Å². The van der Waals surface area contributed by atoms with Crippen molar-refractivity contribution >= 4 is 0 Å². The lowest BCUT2D eigenvalue weighted by Crippen LogP contribution is -2.12. The second kappa shape index (κ2) is 7.04. The van der Waals surface area contributed by atoms with Crippen LogP contribution in [0.25, 0.3) is 0 Å². The van der Waals surface area contributed by atoms with Crippen molar-refractivity contribution in [2.24, 2.45) is 0 Å². The van der Waals surface area contributed by atoms with Gasteiger partial charge in [-0.25, -0.2) is 0 Å². The van der Waals surface area contributed by atoms with E-state index in [-0.39, 0.29) is 18.3 Å². The Labute approximate surface area is 121 Å². The molecule has 0 unspecified atom stereocenters. The highest BCUT2D eigenvalue weighted by Gasteiger charge is 2.16. The first kappa shape index (κ1) is 16.2. The van der Waals surface area contributed by atoms with Crippen molar-refractivity contribution in [1.82, 2.24) is 0 Å². The van der Waals surface area contributed by atoms with Crippen molar-refractivity contribution in [3.05, 3.63) is 17.7 Å². The summed E-state index contributed by atoms with van der Waals surface area (Å²) in [7, 11) is 0. The van der Waals surface area contributed by atoms with Gasteiger partial charge in [0.25, 0.3) is 0 Å². The minimum atomic E-state index is -0.0247.